The molecule has 0 aliphatic carbocycles. The number of rotatable bonds is 9. The highest BCUT2D eigenvalue weighted by molar-refractivity contribution is 5.15. The Morgan fingerprint density at radius 1 is 1.04 bits per heavy atom. The largest absolute Gasteiger partial charge is 0.293 e. The number of allylic oxidation sites excluding steroid dienone is 3. The molecule has 1 aromatic rings. The van der Waals surface area contributed by atoms with E-state index in [0.29, 0.717) is 6.04 Å². The van der Waals surface area contributed by atoms with Gasteiger partial charge in [0.2, 0.25) is 0 Å². The topological polar surface area (TPSA) is 3.24 Å². The fourth-order valence-electron chi connectivity index (χ4n) is 3.31. The Morgan fingerprint density at radius 3 is 2.74 bits per heavy atom. The van der Waals surface area contributed by atoms with Crippen molar-refractivity contribution in [2.24, 2.45) is 0 Å². The number of unbranched alkanes of at least 4 members (excludes halogenated alkanes) is 4. The summed E-state index contributed by atoms with van der Waals surface area (Å²) in [4.78, 5) is 2.63. The molecule has 0 amide bonds. The summed E-state index contributed by atoms with van der Waals surface area (Å²) in [6.07, 6.45) is 19.9. The van der Waals surface area contributed by atoms with Crippen LogP contribution in [-0.4, -0.2) is 17.5 Å². The van der Waals surface area contributed by atoms with Gasteiger partial charge in [-0.1, -0.05) is 87.2 Å². The highest BCUT2D eigenvalue weighted by atomic mass is 15.2. The third-order valence-corrected chi connectivity index (χ3v) is 4.70. The summed E-state index contributed by atoms with van der Waals surface area (Å²) in [7, 11) is 0. The van der Waals surface area contributed by atoms with Gasteiger partial charge in [0.15, 0.2) is 0 Å². The van der Waals surface area contributed by atoms with Gasteiger partial charge in [-0.25, -0.2) is 0 Å². The molecule has 0 radical (unpaired) electrons. The zero-order valence-corrected chi connectivity index (χ0v) is 14.8. The Balaban J connectivity index is 1.77. The predicted octanol–water partition coefficient (Wildman–Crippen LogP) is 6.12. The minimum atomic E-state index is 0.605. The molecule has 1 atom stereocenters. The van der Waals surface area contributed by atoms with Crippen molar-refractivity contribution in [1.82, 2.24) is 4.90 Å². The van der Waals surface area contributed by atoms with Crippen molar-refractivity contribution in [1.29, 1.82) is 0 Å². The van der Waals surface area contributed by atoms with Crippen molar-refractivity contribution in [2.75, 3.05) is 6.54 Å². The van der Waals surface area contributed by atoms with Crippen LogP contribution in [0.3, 0.4) is 0 Å². The molecular formula is C22H33N. The molecule has 0 saturated carbocycles. The fraction of sp³-hybridized carbons (Fsp3) is 0.545. The van der Waals surface area contributed by atoms with Gasteiger partial charge < -0.3 is 0 Å². The zero-order valence-electron chi connectivity index (χ0n) is 14.8. The second kappa shape index (κ2) is 11.2. The first-order valence-corrected chi connectivity index (χ1v) is 9.51. The number of nitrogens with zero attached hydrogens (tertiary/aromatic N) is 1. The Bertz CT molecular complexity index is 460. The van der Waals surface area contributed by atoms with Crippen molar-refractivity contribution in [3.63, 3.8) is 0 Å². The molecule has 1 unspecified atom stereocenters. The molecule has 1 fully saturated rings. The van der Waals surface area contributed by atoms with E-state index >= 15 is 0 Å². The summed E-state index contributed by atoms with van der Waals surface area (Å²) < 4.78 is 0. The Labute approximate surface area is 143 Å². The maximum absolute atomic E-state index is 2.63. The lowest BCUT2D eigenvalue weighted by Crippen LogP contribution is -2.37. The standard InChI is InChI=1S/C22H33N/c1-2-3-4-5-6-7-8-12-17-22-18-13-14-19-23(22)20-21-15-10-9-11-16-21/h7-12,15-17,22H,2-6,13-14,18-20H2,1H3/b8-7+,17-12+. The van der Waals surface area contributed by atoms with Gasteiger partial charge in [-0.15, -0.1) is 0 Å². The van der Waals surface area contributed by atoms with Crippen molar-refractivity contribution >= 4 is 0 Å². The van der Waals surface area contributed by atoms with Gasteiger partial charge in [0.25, 0.3) is 0 Å². The van der Waals surface area contributed by atoms with E-state index in [1.807, 2.05) is 0 Å². The van der Waals surface area contributed by atoms with E-state index in [-0.39, 0.29) is 0 Å². The van der Waals surface area contributed by atoms with E-state index in [2.05, 4.69) is 66.5 Å². The first kappa shape index (κ1) is 18.0. The van der Waals surface area contributed by atoms with E-state index in [4.69, 9.17) is 0 Å². The van der Waals surface area contributed by atoms with Crippen LogP contribution in [-0.2, 0) is 6.54 Å². The maximum atomic E-state index is 2.63. The predicted molar refractivity (Wildman–Crippen MR) is 102 cm³/mol. The van der Waals surface area contributed by atoms with E-state index in [9.17, 15) is 0 Å². The summed E-state index contributed by atoms with van der Waals surface area (Å²) in [6, 6.07) is 11.5. The average molecular weight is 312 g/mol. The highest BCUT2D eigenvalue weighted by Crippen LogP contribution is 2.20. The Kier molecular flexibility index (Phi) is 8.80. The van der Waals surface area contributed by atoms with Crippen molar-refractivity contribution in [2.45, 2.75) is 70.9 Å². The lowest BCUT2D eigenvalue weighted by molar-refractivity contribution is 0.171. The van der Waals surface area contributed by atoms with Crippen molar-refractivity contribution in [3.05, 3.63) is 60.2 Å². The molecule has 1 aliphatic rings. The van der Waals surface area contributed by atoms with Crippen LogP contribution in [0.5, 0.6) is 0 Å². The second-order valence-corrected chi connectivity index (χ2v) is 6.68. The quantitative estimate of drug-likeness (QED) is 0.392. The summed E-state index contributed by atoms with van der Waals surface area (Å²) in [6.45, 7) is 4.57. The molecule has 1 saturated heterocycles. The van der Waals surface area contributed by atoms with Crippen LogP contribution in [0.25, 0.3) is 0 Å². The molecule has 0 aromatic heterocycles. The van der Waals surface area contributed by atoms with Gasteiger partial charge in [0.1, 0.15) is 0 Å². The van der Waals surface area contributed by atoms with Gasteiger partial charge in [0.05, 0.1) is 0 Å². The molecule has 1 heteroatoms. The van der Waals surface area contributed by atoms with Crippen LogP contribution >= 0.6 is 0 Å². The van der Waals surface area contributed by atoms with Gasteiger partial charge in [0, 0.05) is 12.6 Å². The van der Waals surface area contributed by atoms with Crippen LogP contribution in [0.4, 0.5) is 0 Å². The summed E-state index contributed by atoms with van der Waals surface area (Å²) in [5.41, 5.74) is 1.43. The number of piperidine rings is 1. The van der Waals surface area contributed by atoms with E-state index in [0.717, 1.165) is 6.54 Å². The molecule has 0 spiro atoms. The van der Waals surface area contributed by atoms with Crippen molar-refractivity contribution < 1.29 is 0 Å². The third kappa shape index (κ3) is 7.18. The van der Waals surface area contributed by atoms with E-state index in [1.54, 1.807) is 0 Å². The van der Waals surface area contributed by atoms with Crippen LogP contribution in [0.1, 0.15) is 63.9 Å². The molecule has 23 heavy (non-hydrogen) atoms. The van der Waals surface area contributed by atoms with E-state index < -0.39 is 0 Å². The number of benzene rings is 1. The minimum absolute atomic E-state index is 0.605. The number of hydrogen-bond donors (Lipinski definition) is 0. The lowest BCUT2D eigenvalue weighted by atomic mass is 10.0. The Morgan fingerprint density at radius 2 is 1.91 bits per heavy atom. The monoisotopic (exact) mass is 311 g/mol. The number of likely N-dealkylation sites (tertiary alicyclic amines) is 1. The van der Waals surface area contributed by atoms with E-state index in [1.165, 1.54) is 63.5 Å². The molecule has 1 aliphatic heterocycles. The van der Waals surface area contributed by atoms with Crippen LogP contribution in [0, 0.1) is 0 Å². The molecule has 1 nitrogen and oxygen atoms in total. The smallest absolute Gasteiger partial charge is 0.0284 e. The maximum Gasteiger partial charge on any atom is 0.0284 e. The van der Waals surface area contributed by atoms with Crippen LogP contribution in [0.2, 0.25) is 0 Å². The highest BCUT2D eigenvalue weighted by Gasteiger charge is 2.19. The number of hydrogen-bond acceptors (Lipinski definition) is 1. The second-order valence-electron chi connectivity index (χ2n) is 6.68. The van der Waals surface area contributed by atoms with Crippen LogP contribution < -0.4 is 0 Å². The molecular weight excluding hydrogens is 278 g/mol. The normalized spacial score (nSPS) is 19.8. The average Bonchev–Trinajstić information content (AvgIpc) is 2.59. The first-order chi connectivity index (χ1) is 11.4. The zero-order chi connectivity index (χ0) is 16.2. The van der Waals surface area contributed by atoms with Gasteiger partial charge in [-0.3, -0.25) is 4.90 Å². The summed E-state index contributed by atoms with van der Waals surface area (Å²) in [5, 5.41) is 0. The lowest BCUT2D eigenvalue weighted by Gasteiger charge is -2.34. The molecule has 2 rings (SSSR count). The molecule has 1 aromatic carbocycles. The Hall–Kier alpha value is -1.34. The SMILES string of the molecule is CCCCCC/C=C/C=C/C1CCCCN1Cc1ccccc1. The molecule has 0 N–H and O–H groups in total. The van der Waals surface area contributed by atoms with Gasteiger partial charge in [-0.05, 0) is 37.8 Å². The summed E-state index contributed by atoms with van der Waals surface area (Å²) in [5.74, 6) is 0. The summed E-state index contributed by atoms with van der Waals surface area (Å²) >= 11 is 0. The first-order valence-electron chi connectivity index (χ1n) is 9.51. The van der Waals surface area contributed by atoms with Crippen molar-refractivity contribution in [3.8, 4) is 0 Å². The van der Waals surface area contributed by atoms with Crippen LogP contribution in [0.15, 0.2) is 54.6 Å². The minimum Gasteiger partial charge on any atom is -0.293 e. The molecule has 1 heterocycles. The third-order valence-electron chi connectivity index (χ3n) is 4.70. The molecule has 126 valence electrons. The fourth-order valence-corrected chi connectivity index (χ4v) is 3.31. The molecule has 0 bridgehead atoms. The van der Waals surface area contributed by atoms with Gasteiger partial charge in [-0.2, -0.15) is 0 Å². The van der Waals surface area contributed by atoms with Gasteiger partial charge >= 0.3 is 0 Å².